The van der Waals surface area contributed by atoms with Crippen molar-refractivity contribution in [3.63, 3.8) is 0 Å². The fourth-order valence-corrected chi connectivity index (χ4v) is 4.90. The molecule has 0 bridgehead atoms. The Balaban J connectivity index is 1.46. The minimum absolute atomic E-state index is 0.00980. The molecule has 2 N–H and O–H groups in total. The summed E-state index contributed by atoms with van der Waals surface area (Å²) in [6, 6.07) is 13.1. The second-order valence-corrected chi connectivity index (χ2v) is 8.51. The van der Waals surface area contributed by atoms with Gasteiger partial charge in [-0.2, -0.15) is 0 Å². The number of benzene rings is 1. The standard InChI is InChI=1S/C20H19N3O2S2/c24-18(13-6-2-1-3-7-13)23-20-22-17-15(9-4-10-16(17)27-20)19(25)21-12-14-8-5-11-26-14/h1-3,5-8,11,15H,4,9-10,12H2,(H,21,25)(H,22,23,24). The third-order valence-corrected chi connectivity index (χ3v) is 6.47. The van der Waals surface area contributed by atoms with E-state index in [9.17, 15) is 9.59 Å². The zero-order chi connectivity index (χ0) is 18.6. The van der Waals surface area contributed by atoms with Gasteiger partial charge >= 0.3 is 0 Å². The first-order valence-electron chi connectivity index (χ1n) is 8.87. The number of aromatic nitrogens is 1. The van der Waals surface area contributed by atoms with Gasteiger partial charge in [-0.15, -0.1) is 22.7 Å². The fraction of sp³-hybridized carbons (Fsp3) is 0.250. The molecule has 1 aliphatic rings. The van der Waals surface area contributed by atoms with Crippen LogP contribution in [0.2, 0.25) is 0 Å². The molecule has 1 aliphatic carbocycles. The number of thiazole rings is 1. The lowest BCUT2D eigenvalue weighted by atomic mass is 9.90. The molecule has 27 heavy (non-hydrogen) atoms. The summed E-state index contributed by atoms with van der Waals surface area (Å²) >= 11 is 3.10. The van der Waals surface area contributed by atoms with Gasteiger partial charge in [-0.05, 0) is 42.8 Å². The smallest absolute Gasteiger partial charge is 0.257 e. The molecule has 2 heterocycles. The van der Waals surface area contributed by atoms with Crippen LogP contribution in [0.4, 0.5) is 5.13 Å². The molecule has 1 unspecified atom stereocenters. The van der Waals surface area contributed by atoms with Gasteiger partial charge in [-0.1, -0.05) is 24.3 Å². The molecule has 4 rings (SSSR count). The summed E-state index contributed by atoms with van der Waals surface area (Å²) in [6.45, 7) is 0.546. The number of hydrogen-bond acceptors (Lipinski definition) is 5. The number of aryl methyl sites for hydroxylation is 1. The van der Waals surface area contributed by atoms with E-state index in [1.165, 1.54) is 11.3 Å². The largest absolute Gasteiger partial charge is 0.351 e. The fourth-order valence-electron chi connectivity index (χ4n) is 3.20. The van der Waals surface area contributed by atoms with Crippen LogP contribution in [0.15, 0.2) is 47.8 Å². The number of carbonyl (C=O) groups excluding carboxylic acids is 2. The van der Waals surface area contributed by atoms with E-state index >= 15 is 0 Å². The summed E-state index contributed by atoms with van der Waals surface area (Å²) < 4.78 is 0. The van der Waals surface area contributed by atoms with E-state index in [1.54, 1.807) is 23.5 Å². The molecule has 0 saturated heterocycles. The summed E-state index contributed by atoms with van der Waals surface area (Å²) in [5, 5.41) is 8.45. The van der Waals surface area contributed by atoms with Gasteiger partial charge < -0.3 is 5.32 Å². The Morgan fingerprint density at radius 2 is 2.00 bits per heavy atom. The lowest BCUT2D eigenvalue weighted by Crippen LogP contribution is -2.30. The van der Waals surface area contributed by atoms with Gasteiger partial charge in [-0.25, -0.2) is 4.98 Å². The molecule has 2 aromatic heterocycles. The molecule has 138 valence electrons. The molecule has 0 radical (unpaired) electrons. The molecule has 7 heteroatoms. The summed E-state index contributed by atoms with van der Waals surface area (Å²) in [4.78, 5) is 31.9. The van der Waals surface area contributed by atoms with Crippen LogP contribution >= 0.6 is 22.7 Å². The van der Waals surface area contributed by atoms with Gasteiger partial charge in [0.25, 0.3) is 5.91 Å². The molecule has 0 fully saturated rings. The van der Waals surface area contributed by atoms with Gasteiger partial charge in [0.15, 0.2) is 5.13 Å². The van der Waals surface area contributed by atoms with E-state index in [0.29, 0.717) is 17.2 Å². The first-order valence-corrected chi connectivity index (χ1v) is 10.6. The maximum absolute atomic E-state index is 12.7. The molecule has 2 amide bonds. The Labute approximate surface area is 165 Å². The molecule has 0 spiro atoms. The van der Waals surface area contributed by atoms with Crippen LogP contribution in [0.1, 0.15) is 44.6 Å². The van der Waals surface area contributed by atoms with Crippen molar-refractivity contribution in [2.75, 3.05) is 5.32 Å². The first kappa shape index (κ1) is 17.9. The first-order chi connectivity index (χ1) is 13.2. The Morgan fingerprint density at radius 3 is 2.78 bits per heavy atom. The highest BCUT2D eigenvalue weighted by atomic mass is 32.1. The normalized spacial score (nSPS) is 15.8. The van der Waals surface area contributed by atoms with Crippen molar-refractivity contribution in [2.24, 2.45) is 0 Å². The van der Waals surface area contributed by atoms with Crippen LogP contribution in [0, 0.1) is 0 Å². The highest BCUT2D eigenvalue weighted by Gasteiger charge is 2.30. The van der Waals surface area contributed by atoms with E-state index in [0.717, 1.165) is 34.7 Å². The number of rotatable bonds is 5. The lowest BCUT2D eigenvalue weighted by Gasteiger charge is -2.20. The summed E-state index contributed by atoms with van der Waals surface area (Å²) in [6.07, 6.45) is 2.65. The number of nitrogens with zero attached hydrogens (tertiary/aromatic N) is 1. The Kier molecular flexibility index (Phi) is 5.31. The minimum atomic E-state index is -0.243. The number of carbonyl (C=O) groups is 2. The topological polar surface area (TPSA) is 71.1 Å². The maximum Gasteiger partial charge on any atom is 0.257 e. The van der Waals surface area contributed by atoms with Gasteiger partial charge in [0.05, 0.1) is 18.2 Å². The van der Waals surface area contributed by atoms with Gasteiger partial charge in [0.2, 0.25) is 5.91 Å². The molecule has 5 nitrogen and oxygen atoms in total. The second-order valence-electron chi connectivity index (χ2n) is 6.39. The molecule has 1 aromatic carbocycles. The quantitative estimate of drug-likeness (QED) is 0.678. The summed E-state index contributed by atoms with van der Waals surface area (Å²) in [7, 11) is 0. The van der Waals surface area contributed by atoms with Crippen molar-refractivity contribution in [3.05, 3.63) is 68.9 Å². The monoisotopic (exact) mass is 397 g/mol. The Hall–Kier alpha value is -2.51. The van der Waals surface area contributed by atoms with Crippen LogP contribution < -0.4 is 10.6 Å². The number of anilines is 1. The molecule has 1 atom stereocenters. The van der Waals surface area contributed by atoms with Crippen molar-refractivity contribution in [3.8, 4) is 0 Å². The van der Waals surface area contributed by atoms with Crippen LogP contribution in [-0.4, -0.2) is 16.8 Å². The van der Waals surface area contributed by atoms with E-state index in [4.69, 9.17) is 0 Å². The van der Waals surface area contributed by atoms with Gasteiger partial charge in [0.1, 0.15) is 0 Å². The van der Waals surface area contributed by atoms with E-state index < -0.39 is 0 Å². The van der Waals surface area contributed by atoms with Crippen molar-refractivity contribution in [1.29, 1.82) is 0 Å². The van der Waals surface area contributed by atoms with Crippen molar-refractivity contribution < 1.29 is 9.59 Å². The highest BCUT2D eigenvalue weighted by Crippen LogP contribution is 2.37. The molecular weight excluding hydrogens is 378 g/mol. The number of hydrogen-bond donors (Lipinski definition) is 2. The van der Waals surface area contributed by atoms with Crippen LogP contribution in [-0.2, 0) is 17.8 Å². The lowest BCUT2D eigenvalue weighted by molar-refractivity contribution is -0.123. The third-order valence-electron chi connectivity index (χ3n) is 4.54. The van der Waals surface area contributed by atoms with Crippen molar-refractivity contribution in [2.45, 2.75) is 31.7 Å². The number of nitrogens with one attached hydrogen (secondary N) is 2. The molecule has 0 aliphatic heterocycles. The third kappa shape index (κ3) is 4.09. The molecule has 3 aromatic rings. The Bertz CT molecular complexity index is 936. The van der Waals surface area contributed by atoms with Crippen molar-refractivity contribution in [1.82, 2.24) is 10.3 Å². The number of fused-ring (bicyclic) bond motifs is 1. The molecular formula is C20H19N3O2S2. The van der Waals surface area contributed by atoms with Crippen LogP contribution in [0.3, 0.4) is 0 Å². The zero-order valence-electron chi connectivity index (χ0n) is 14.6. The summed E-state index contributed by atoms with van der Waals surface area (Å²) in [5.74, 6) is -0.414. The van der Waals surface area contributed by atoms with Gasteiger partial charge in [-0.3, -0.25) is 14.9 Å². The summed E-state index contributed by atoms with van der Waals surface area (Å²) in [5.41, 5.74) is 1.41. The zero-order valence-corrected chi connectivity index (χ0v) is 16.2. The predicted octanol–water partition coefficient (Wildman–Crippen LogP) is 4.19. The SMILES string of the molecule is O=C(Nc1nc2c(s1)CCCC2C(=O)NCc1cccs1)c1ccccc1. The van der Waals surface area contributed by atoms with Crippen LogP contribution in [0.25, 0.3) is 0 Å². The van der Waals surface area contributed by atoms with Crippen molar-refractivity contribution >= 4 is 39.6 Å². The Morgan fingerprint density at radius 1 is 1.15 bits per heavy atom. The predicted molar refractivity (Wildman–Crippen MR) is 108 cm³/mol. The average Bonchev–Trinajstić information content (AvgIpc) is 3.35. The van der Waals surface area contributed by atoms with Gasteiger partial charge in [0, 0.05) is 15.3 Å². The number of amides is 2. The number of thiophene rings is 1. The minimum Gasteiger partial charge on any atom is -0.351 e. The average molecular weight is 398 g/mol. The van der Waals surface area contributed by atoms with Crippen LogP contribution in [0.5, 0.6) is 0 Å². The van der Waals surface area contributed by atoms with E-state index in [2.05, 4.69) is 15.6 Å². The highest BCUT2D eigenvalue weighted by molar-refractivity contribution is 7.16. The molecule has 0 saturated carbocycles. The second kappa shape index (κ2) is 8.02. The van der Waals surface area contributed by atoms with E-state index in [-0.39, 0.29) is 17.7 Å². The maximum atomic E-state index is 12.7. The van der Waals surface area contributed by atoms with E-state index in [1.807, 2.05) is 35.7 Å².